The lowest BCUT2D eigenvalue weighted by Gasteiger charge is -2.08. The van der Waals surface area contributed by atoms with E-state index in [0.717, 1.165) is 11.1 Å². The number of aromatic amines is 1. The van der Waals surface area contributed by atoms with Crippen LogP contribution in [0.2, 0.25) is 5.02 Å². The highest BCUT2D eigenvalue weighted by molar-refractivity contribution is 6.30. The molecule has 3 aromatic rings. The van der Waals surface area contributed by atoms with E-state index in [4.69, 9.17) is 11.6 Å². The predicted molar refractivity (Wildman–Crippen MR) is 76.0 cm³/mol. The summed E-state index contributed by atoms with van der Waals surface area (Å²) in [6.45, 7) is 0. The lowest BCUT2D eigenvalue weighted by atomic mass is 10.3. The van der Waals surface area contributed by atoms with Crippen LogP contribution in [0.1, 0.15) is 0 Å². The van der Waals surface area contributed by atoms with E-state index in [1.54, 1.807) is 13.2 Å². The number of benzene rings is 1. The Hall–Kier alpha value is -2.34. The summed E-state index contributed by atoms with van der Waals surface area (Å²) < 4.78 is 0. The van der Waals surface area contributed by atoms with Crippen molar-refractivity contribution in [3.8, 4) is 0 Å². The fraction of sp³-hybridized carbons (Fsp3) is 0.0833. The molecule has 1 aromatic carbocycles. The minimum atomic E-state index is 0.521. The standard InChI is InChI=1S/C12H11ClN6/c1-14-12-17-10(9-6-15-19-11(9)18-12)16-8-4-2-7(13)3-5-8/h2-6H,1H3,(H3,14,15,16,17,18,19). The molecule has 0 saturated carbocycles. The summed E-state index contributed by atoms with van der Waals surface area (Å²) >= 11 is 5.86. The lowest BCUT2D eigenvalue weighted by Crippen LogP contribution is -2.01. The molecule has 0 radical (unpaired) electrons. The second-order valence-corrected chi connectivity index (χ2v) is 4.35. The van der Waals surface area contributed by atoms with E-state index in [9.17, 15) is 0 Å². The molecule has 3 N–H and O–H groups in total. The van der Waals surface area contributed by atoms with Crippen LogP contribution in [0.15, 0.2) is 30.5 Å². The number of nitrogens with zero attached hydrogens (tertiary/aromatic N) is 3. The van der Waals surface area contributed by atoms with Crippen molar-refractivity contribution >= 4 is 40.1 Å². The smallest absolute Gasteiger partial charge is 0.226 e. The summed E-state index contributed by atoms with van der Waals surface area (Å²) in [6, 6.07) is 7.40. The second kappa shape index (κ2) is 4.74. The molecule has 2 heterocycles. The summed E-state index contributed by atoms with van der Waals surface area (Å²) in [5, 5.41) is 14.5. The molecule has 0 amide bonds. The van der Waals surface area contributed by atoms with E-state index < -0.39 is 0 Å². The van der Waals surface area contributed by atoms with E-state index >= 15 is 0 Å². The van der Waals surface area contributed by atoms with Crippen LogP contribution in [0.3, 0.4) is 0 Å². The molecule has 0 saturated heterocycles. The molecule has 0 aliphatic rings. The number of hydrogen-bond donors (Lipinski definition) is 3. The molecule has 7 heteroatoms. The highest BCUT2D eigenvalue weighted by Crippen LogP contribution is 2.24. The number of nitrogens with one attached hydrogen (secondary N) is 3. The predicted octanol–water partition coefficient (Wildman–Crippen LogP) is 2.79. The summed E-state index contributed by atoms with van der Waals surface area (Å²) in [5.74, 6) is 1.21. The van der Waals surface area contributed by atoms with Crippen LogP contribution in [-0.4, -0.2) is 27.2 Å². The van der Waals surface area contributed by atoms with Crippen LogP contribution in [-0.2, 0) is 0 Å². The van der Waals surface area contributed by atoms with Gasteiger partial charge in [-0.15, -0.1) is 0 Å². The third-order valence-electron chi connectivity index (χ3n) is 2.64. The molecule has 0 aliphatic carbocycles. The van der Waals surface area contributed by atoms with Gasteiger partial charge >= 0.3 is 0 Å². The topological polar surface area (TPSA) is 78.5 Å². The molecule has 96 valence electrons. The van der Waals surface area contributed by atoms with Gasteiger partial charge in [0.15, 0.2) is 5.65 Å². The summed E-state index contributed by atoms with van der Waals surface area (Å²) in [6.07, 6.45) is 1.69. The third kappa shape index (κ3) is 2.30. The molecule has 0 bridgehead atoms. The van der Waals surface area contributed by atoms with Gasteiger partial charge in [0.25, 0.3) is 0 Å². The Morgan fingerprint density at radius 1 is 1.16 bits per heavy atom. The second-order valence-electron chi connectivity index (χ2n) is 3.91. The Labute approximate surface area is 114 Å². The highest BCUT2D eigenvalue weighted by Gasteiger charge is 2.08. The molecule has 0 unspecified atom stereocenters. The Morgan fingerprint density at radius 3 is 2.68 bits per heavy atom. The van der Waals surface area contributed by atoms with Gasteiger partial charge in [-0.3, -0.25) is 5.10 Å². The van der Waals surface area contributed by atoms with Crippen molar-refractivity contribution in [3.05, 3.63) is 35.5 Å². The molecular weight excluding hydrogens is 264 g/mol. The minimum absolute atomic E-state index is 0.521. The Balaban J connectivity index is 2.03. The first-order valence-corrected chi connectivity index (χ1v) is 6.05. The minimum Gasteiger partial charge on any atom is -0.357 e. The largest absolute Gasteiger partial charge is 0.357 e. The first-order valence-electron chi connectivity index (χ1n) is 5.68. The fourth-order valence-electron chi connectivity index (χ4n) is 1.71. The van der Waals surface area contributed by atoms with Crippen LogP contribution >= 0.6 is 11.6 Å². The van der Waals surface area contributed by atoms with Gasteiger partial charge in [-0.2, -0.15) is 15.1 Å². The number of H-pyrrole nitrogens is 1. The third-order valence-corrected chi connectivity index (χ3v) is 2.89. The van der Waals surface area contributed by atoms with Gasteiger partial charge in [0.05, 0.1) is 11.6 Å². The zero-order valence-electron chi connectivity index (χ0n) is 10.1. The Morgan fingerprint density at radius 2 is 1.95 bits per heavy atom. The monoisotopic (exact) mass is 274 g/mol. The first kappa shape index (κ1) is 11.7. The van der Waals surface area contributed by atoms with Crippen molar-refractivity contribution in [1.82, 2.24) is 20.2 Å². The van der Waals surface area contributed by atoms with Crippen molar-refractivity contribution in [2.75, 3.05) is 17.7 Å². The van der Waals surface area contributed by atoms with Crippen molar-refractivity contribution in [1.29, 1.82) is 0 Å². The summed E-state index contributed by atoms with van der Waals surface area (Å²) in [4.78, 5) is 8.65. The van der Waals surface area contributed by atoms with Crippen LogP contribution in [0.4, 0.5) is 17.5 Å². The molecule has 0 fully saturated rings. The number of hydrogen-bond acceptors (Lipinski definition) is 5. The molecule has 0 spiro atoms. The molecule has 6 nitrogen and oxygen atoms in total. The lowest BCUT2D eigenvalue weighted by molar-refractivity contribution is 1.09. The average Bonchev–Trinajstić information content (AvgIpc) is 2.89. The number of anilines is 3. The van der Waals surface area contributed by atoms with Gasteiger partial charge in [-0.25, -0.2) is 0 Å². The van der Waals surface area contributed by atoms with Gasteiger partial charge in [-0.05, 0) is 24.3 Å². The van der Waals surface area contributed by atoms with E-state index in [1.807, 2.05) is 24.3 Å². The van der Waals surface area contributed by atoms with Crippen molar-refractivity contribution in [2.24, 2.45) is 0 Å². The maximum absolute atomic E-state index is 5.86. The van der Waals surface area contributed by atoms with E-state index in [-0.39, 0.29) is 0 Å². The van der Waals surface area contributed by atoms with E-state index in [0.29, 0.717) is 22.4 Å². The van der Waals surface area contributed by atoms with Gasteiger partial charge in [0.1, 0.15) is 5.82 Å². The quantitative estimate of drug-likeness (QED) is 0.684. The normalized spacial score (nSPS) is 10.6. The van der Waals surface area contributed by atoms with Crippen LogP contribution in [0, 0.1) is 0 Å². The zero-order chi connectivity index (χ0) is 13.2. The van der Waals surface area contributed by atoms with Crippen LogP contribution in [0.25, 0.3) is 11.0 Å². The molecule has 2 aromatic heterocycles. The fourth-order valence-corrected chi connectivity index (χ4v) is 1.84. The summed E-state index contributed by atoms with van der Waals surface area (Å²) in [5.41, 5.74) is 1.57. The van der Waals surface area contributed by atoms with Crippen molar-refractivity contribution in [2.45, 2.75) is 0 Å². The van der Waals surface area contributed by atoms with Gasteiger partial charge in [0.2, 0.25) is 5.95 Å². The van der Waals surface area contributed by atoms with E-state index in [1.165, 1.54) is 0 Å². The van der Waals surface area contributed by atoms with Crippen molar-refractivity contribution in [3.63, 3.8) is 0 Å². The molecule has 0 atom stereocenters. The molecular formula is C12H11ClN6. The maximum Gasteiger partial charge on any atom is 0.226 e. The number of rotatable bonds is 3. The number of fused-ring (bicyclic) bond motifs is 1. The molecule has 3 rings (SSSR count). The zero-order valence-corrected chi connectivity index (χ0v) is 10.9. The highest BCUT2D eigenvalue weighted by atomic mass is 35.5. The maximum atomic E-state index is 5.86. The molecule has 0 aliphatic heterocycles. The van der Waals surface area contributed by atoms with Crippen LogP contribution in [0.5, 0.6) is 0 Å². The van der Waals surface area contributed by atoms with Crippen LogP contribution < -0.4 is 10.6 Å². The van der Waals surface area contributed by atoms with Gasteiger partial charge < -0.3 is 10.6 Å². The SMILES string of the molecule is CNc1nc(Nc2ccc(Cl)cc2)c2cn[nH]c2n1. The first-order chi connectivity index (χ1) is 9.26. The van der Waals surface area contributed by atoms with Gasteiger partial charge in [-0.1, -0.05) is 11.6 Å². The summed E-state index contributed by atoms with van der Waals surface area (Å²) in [7, 11) is 1.77. The number of halogens is 1. The van der Waals surface area contributed by atoms with Gasteiger partial charge in [0, 0.05) is 17.8 Å². The number of aromatic nitrogens is 4. The molecule has 19 heavy (non-hydrogen) atoms. The Bertz CT molecular complexity index is 706. The average molecular weight is 275 g/mol. The van der Waals surface area contributed by atoms with E-state index in [2.05, 4.69) is 30.8 Å². The van der Waals surface area contributed by atoms with Crippen molar-refractivity contribution < 1.29 is 0 Å². The Kier molecular flexibility index (Phi) is 2.92.